The van der Waals surface area contributed by atoms with Crippen LogP contribution in [0.3, 0.4) is 0 Å². The maximum atomic E-state index is 14.1. The van der Waals surface area contributed by atoms with Gasteiger partial charge in [0.2, 0.25) is 0 Å². The molecule has 29 heavy (non-hydrogen) atoms. The van der Waals surface area contributed by atoms with Crippen LogP contribution in [-0.2, 0) is 20.5 Å². The van der Waals surface area contributed by atoms with E-state index in [-0.39, 0.29) is 21.3 Å². The van der Waals surface area contributed by atoms with Crippen LogP contribution in [0, 0.1) is 0 Å². The lowest BCUT2D eigenvalue weighted by Gasteiger charge is -2.29. The summed E-state index contributed by atoms with van der Waals surface area (Å²) in [5, 5.41) is 4.12. The number of esters is 1. The third-order valence-electron chi connectivity index (χ3n) is 4.50. The van der Waals surface area contributed by atoms with Gasteiger partial charge in [0.1, 0.15) is 0 Å². The topological polar surface area (TPSA) is 47.9 Å². The number of rotatable bonds is 4. The van der Waals surface area contributed by atoms with Crippen molar-refractivity contribution in [3.63, 3.8) is 0 Å². The van der Waals surface area contributed by atoms with Crippen molar-refractivity contribution in [2.75, 3.05) is 7.11 Å². The fourth-order valence-corrected chi connectivity index (χ4v) is 4.03. The van der Waals surface area contributed by atoms with Gasteiger partial charge in [-0.1, -0.05) is 50.4 Å². The molecule has 2 aromatic carbocycles. The summed E-state index contributed by atoms with van der Waals surface area (Å²) in [6.07, 6.45) is -5.36. The van der Waals surface area contributed by atoms with Gasteiger partial charge in [-0.05, 0) is 41.5 Å². The molecule has 1 unspecified atom stereocenters. The number of hydrogen-bond donors (Lipinski definition) is 0. The van der Waals surface area contributed by atoms with Gasteiger partial charge < -0.3 is 9.57 Å². The van der Waals surface area contributed by atoms with Crippen LogP contribution in [0.4, 0.5) is 13.2 Å². The zero-order valence-corrected chi connectivity index (χ0v) is 17.9. The number of methoxy groups -OCH3 is 1. The molecule has 1 atom stereocenters. The Hall–Kier alpha value is -1.77. The number of alkyl halides is 4. The summed E-state index contributed by atoms with van der Waals surface area (Å²) in [5.74, 6) is -0.547. The van der Waals surface area contributed by atoms with Gasteiger partial charge in [0, 0.05) is 27.4 Å². The van der Waals surface area contributed by atoms with E-state index in [0.717, 1.165) is 12.1 Å². The first kappa shape index (κ1) is 21.9. The Labute approximate surface area is 182 Å². The minimum Gasteiger partial charge on any atom is -0.465 e. The molecule has 0 spiro atoms. The minimum atomic E-state index is -4.78. The first-order chi connectivity index (χ1) is 13.6. The minimum absolute atomic E-state index is 0.0529. The van der Waals surface area contributed by atoms with Crippen molar-refractivity contribution in [3.05, 3.63) is 68.7 Å². The average Bonchev–Trinajstić information content (AvgIpc) is 3.13. The molecule has 0 amide bonds. The third kappa shape index (κ3) is 4.11. The Kier molecular flexibility index (Phi) is 6.17. The van der Waals surface area contributed by atoms with Gasteiger partial charge in [-0.3, -0.25) is 0 Å². The van der Waals surface area contributed by atoms with Crippen molar-refractivity contribution in [2.45, 2.75) is 23.5 Å². The molecule has 2 aromatic rings. The molecule has 1 aliphatic rings. The number of benzene rings is 2. The fourth-order valence-electron chi connectivity index (χ4n) is 3.04. The molecule has 3 rings (SSSR count). The van der Waals surface area contributed by atoms with Crippen LogP contribution in [0.1, 0.15) is 33.5 Å². The molecule has 10 heteroatoms. The lowest BCUT2D eigenvalue weighted by Crippen LogP contribution is -2.42. The highest BCUT2D eigenvalue weighted by Crippen LogP contribution is 2.49. The molecule has 154 valence electrons. The molecular weight excluding hydrogens is 498 g/mol. The van der Waals surface area contributed by atoms with Gasteiger partial charge in [-0.2, -0.15) is 13.2 Å². The molecule has 0 aromatic heterocycles. The number of carbonyl (C=O) groups is 1. The van der Waals surface area contributed by atoms with Crippen LogP contribution in [0.2, 0.25) is 10.0 Å². The number of oxime groups is 1. The second-order valence-electron chi connectivity index (χ2n) is 6.29. The summed E-state index contributed by atoms with van der Waals surface area (Å²) < 4.78 is 46.9. The monoisotopic (exact) mass is 509 g/mol. The van der Waals surface area contributed by atoms with Crippen molar-refractivity contribution >= 4 is 50.8 Å². The van der Waals surface area contributed by atoms with Crippen LogP contribution >= 0.6 is 39.1 Å². The highest BCUT2D eigenvalue weighted by Gasteiger charge is 2.62. The van der Waals surface area contributed by atoms with Gasteiger partial charge in [0.05, 0.1) is 18.4 Å². The SMILES string of the molecule is COC(=O)c1ccc(C2=NOC(c3cc(Cl)cc(Cl)c3)(C(F)(F)F)C2)cc1CBr. The van der Waals surface area contributed by atoms with E-state index in [1.165, 1.54) is 25.3 Å². The Morgan fingerprint density at radius 2 is 1.90 bits per heavy atom. The van der Waals surface area contributed by atoms with E-state index in [2.05, 4.69) is 21.1 Å². The number of halogens is 6. The van der Waals surface area contributed by atoms with Crippen LogP contribution in [-0.4, -0.2) is 25.0 Å². The quantitative estimate of drug-likeness (QED) is 0.360. The van der Waals surface area contributed by atoms with Crippen LogP contribution < -0.4 is 0 Å². The standard InChI is InChI=1S/C19H13BrCl2F3NO3/c1-28-17(27)15-3-2-10(4-11(15)9-20)16-8-18(29-26-16,19(23,24)25)12-5-13(21)7-14(22)6-12/h2-7H,8-9H2,1H3. The summed E-state index contributed by atoms with van der Waals surface area (Å²) in [6, 6.07) is 8.19. The molecule has 0 saturated heterocycles. The number of hydrogen-bond acceptors (Lipinski definition) is 4. The summed E-state index contributed by atoms with van der Waals surface area (Å²) >= 11 is 15.1. The van der Waals surface area contributed by atoms with Gasteiger partial charge >= 0.3 is 12.1 Å². The average molecular weight is 511 g/mol. The first-order valence-electron chi connectivity index (χ1n) is 8.17. The maximum absolute atomic E-state index is 14.1. The van der Waals surface area contributed by atoms with Crippen molar-refractivity contribution in [2.24, 2.45) is 5.16 Å². The lowest BCUT2D eigenvalue weighted by atomic mass is 9.86. The second-order valence-corrected chi connectivity index (χ2v) is 7.72. The van der Waals surface area contributed by atoms with E-state index >= 15 is 0 Å². The van der Waals surface area contributed by atoms with E-state index in [1.807, 2.05) is 0 Å². The zero-order valence-electron chi connectivity index (χ0n) is 14.8. The largest absolute Gasteiger partial charge is 0.465 e. The molecule has 0 radical (unpaired) electrons. The van der Waals surface area contributed by atoms with Crippen LogP contribution in [0.25, 0.3) is 0 Å². The fraction of sp³-hybridized carbons (Fsp3) is 0.263. The van der Waals surface area contributed by atoms with Crippen LogP contribution in [0.5, 0.6) is 0 Å². The third-order valence-corrected chi connectivity index (χ3v) is 5.54. The zero-order chi connectivity index (χ0) is 21.4. The number of carbonyl (C=O) groups excluding carboxylic acids is 1. The molecule has 0 aliphatic carbocycles. The molecule has 4 nitrogen and oxygen atoms in total. The normalized spacial score (nSPS) is 18.9. The van der Waals surface area contributed by atoms with Gasteiger partial charge in [-0.25, -0.2) is 4.79 Å². The van der Waals surface area contributed by atoms with Gasteiger partial charge in [0.25, 0.3) is 5.60 Å². The summed E-state index contributed by atoms with van der Waals surface area (Å²) in [7, 11) is 1.25. The van der Waals surface area contributed by atoms with Gasteiger partial charge in [-0.15, -0.1) is 0 Å². The van der Waals surface area contributed by atoms with Crippen molar-refractivity contribution < 1.29 is 27.5 Å². The Balaban J connectivity index is 2.02. The number of nitrogens with zero attached hydrogens (tertiary/aromatic N) is 1. The molecule has 0 saturated carbocycles. The Morgan fingerprint density at radius 1 is 1.24 bits per heavy atom. The van der Waals surface area contributed by atoms with Gasteiger partial charge in [0.15, 0.2) is 0 Å². The summed E-state index contributed by atoms with van der Waals surface area (Å²) in [5.41, 5.74) is -1.63. The van der Waals surface area contributed by atoms with Crippen molar-refractivity contribution in [1.82, 2.24) is 0 Å². The number of ether oxygens (including phenoxy) is 1. The molecule has 0 bridgehead atoms. The van der Waals surface area contributed by atoms with E-state index in [4.69, 9.17) is 32.8 Å². The Bertz CT molecular complexity index is 977. The smallest absolute Gasteiger partial charge is 0.435 e. The van der Waals surface area contributed by atoms with E-state index in [9.17, 15) is 18.0 Å². The predicted octanol–water partition coefficient (Wildman–Crippen LogP) is 6.26. The van der Waals surface area contributed by atoms with Crippen molar-refractivity contribution in [3.8, 4) is 0 Å². The first-order valence-corrected chi connectivity index (χ1v) is 10.0. The molecule has 0 N–H and O–H groups in total. The summed E-state index contributed by atoms with van der Waals surface area (Å²) in [4.78, 5) is 16.8. The van der Waals surface area contributed by atoms with E-state index < -0.39 is 24.2 Å². The predicted molar refractivity (Wildman–Crippen MR) is 107 cm³/mol. The highest BCUT2D eigenvalue weighted by atomic mass is 79.9. The maximum Gasteiger partial charge on any atom is 0.435 e. The van der Waals surface area contributed by atoms with Crippen molar-refractivity contribution in [1.29, 1.82) is 0 Å². The molecular formula is C19H13BrCl2F3NO3. The van der Waals surface area contributed by atoms with E-state index in [1.54, 1.807) is 6.07 Å². The van der Waals surface area contributed by atoms with E-state index in [0.29, 0.717) is 22.0 Å². The molecule has 1 heterocycles. The summed E-state index contributed by atoms with van der Waals surface area (Å²) in [6.45, 7) is 0. The second kappa shape index (κ2) is 8.16. The molecule has 0 fully saturated rings. The Morgan fingerprint density at radius 3 is 2.45 bits per heavy atom. The highest BCUT2D eigenvalue weighted by molar-refractivity contribution is 9.08. The lowest BCUT2D eigenvalue weighted by molar-refractivity contribution is -0.275. The van der Waals surface area contributed by atoms with Crippen LogP contribution in [0.15, 0.2) is 41.6 Å². The molecule has 1 aliphatic heterocycles.